The molecule has 0 fully saturated rings. The van der Waals surface area contributed by atoms with Gasteiger partial charge in [-0.15, -0.1) is 0 Å². The summed E-state index contributed by atoms with van der Waals surface area (Å²) < 4.78 is 20.3. The molecule has 0 aliphatic heterocycles. The second kappa shape index (κ2) is 9.51. The van der Waals surface area contributed by atoms with Crippen LogP contribution in [0.4, 0.5) is 4.39 Å². The lowest BCUT2D eigenvalue weighted by Gasteiger charge is -2.37. The number of methoxy groups -OCH3 is 1. The summed E-state index contributed by atoms with van der Waals surface area (Å²) in [6, 6.07) is 5.26. The van der Waals surface area contributed by atoms with E-state index in [-0.39, 0.29) is 11.9 Å². The third-order valence-corrected chi connectivity index (χ3v) is 4.40. The molecule has 0 aliphatic carbocycles. The third kappa shape index (κ3) is 5.02. The topological polar surface area (TPSA) is 38.5 Å². The molecule has 0 spiro atoms. The SMILES string of the molecule is CCC(CC)N(CCOC)C(CN)c1cc(Br)ccc1F. The summed E-state index contributed by atoms with van der Waals surface area (Å²) in [5.74, 6) is -0.206. The summed E-state index contributed by atoms with van der Waals surface area (Å²) in [7, 11) is 1.68. The van der Waals surface area contributed by atoms with Crippen molar-refractivity contribution in [3.63, 3.8) is 0 Å². The van der Waals surface area contributed by atoms with Crippen LogP contribution in [-0.2, 0) is 4.74 Å². The second-order valence-electron chi connectivity index (χ2n) is 5.12. The summed E-state index contributed by atoms with van der Waals surface area (Å²) in [5.41, 5.74) is 6.63. The monoisotopic (exact) mass is 360 g/mol. The molecule has 1 rings (SSSR count). The third-order valence-electron chi connectivity index (χ3n) is 3.91. The van der Waals surface area contributed by atoms with Gasteiger partial charge < -0.3 is 10.5 Å². The zero-order chi connectivity index (χ0) is 15.8. The maximum atomic E-state index is 14.2. The van der Waals surface area contributed by atoms with Gasteiger partial charge in [0.25, 0.3) is 0 Å². The highest BCUT2D eigenvalue weighted by Gasteiger charge is 2.26. The lowest BCUT2D eigenvalue weighted by Crippen LogP contribution is -2.43. The Morgan fingerprint density at radius 1 is 1.33 bits per heavy atom. The normalized spacial score (nSPS) is 13.1. The molecule has 0 aromatic heterocycles. The Morgan fingerprint density at radius 2 is 2.00 bits per heavy atom. The van der Waals surface area contributed by atoms with Crippen LogP contribution in [0.3, 0.4) is 0 Å². The van der Waals surface area contributed by atoms with Crippen LogP contribution in [0, 0.1) is 5.82 Å². The van der Waals surface area contributed by atoms with Gasteiger partial charge in [0.1, 0.15) is 5.82 Å². The molecule has 1 unspecified atom stereocenters. The highest BCUT2D eigenvalue weighted by Crippen LogP contribution is 2.28. The molecule has 120 valence electrons. The zero-order valence-corrected chi connectivity index (χ0v) is 14.7. The molecule has 0 saturated heterocycles. The molecule has 0 aliphatic rings. The van der Waals surface area contributed by atoms with E-state index in [1.807, 2.05) is 6.07 Å². The van der Waals surface area contributed by atoms with Gasteiger partial charge in [-0.25, -0.2) is 4.39 Å². The van der Waals surface area contributed by atoms with E-state index in [1.165, 1.54) is 6.07 Å². The van der Waals surface area contributed by atoms with Crippen molar-refractivity contribution in [2.75, 3.05) is 26.8 Å². The van der Waals surface area contributed by atoms with E-state index in [9.17, 15) is 4.39 Å². The summed E-state index contributed by atoms with van der Waals surface area (Å²) >= 11 is 3.42. The summed E-state index contributed by atoms with van der Waals surface area (Å²) in [6.07, 6.45) is 2.01. The van der Waals surface area contributed by atoms with Crippen LogP contribution >= 0.6 is 15.9 Å². The predicted octanol–water partition coefficient (Wildman–Crippen LogP) is 3.73. The first-order valence-electron chi connectivity index (χ1n) is 7.48. The van der Waals surface area contributed by atoms with Crippen molar-refractivity contribution in [3.05, 3.63) is 34.1 Å². The maximum Gasteiger partial charge on any atom is 0.128 e. The van der Waals surface area contributed by atoms with E-state index in [0.29, 0.717) is 24.8 Å². The maximum absolute atomic E-state index is 14.2. The first kappa shape index (κ1) is 18.6. The summed E-state index contributed by atoms with van der Waals surface area (Å²) in [6.45, 7) is 6.05. The minimum Gasteiger partial charge on any atom is -0.383 e. The van der Waals surface area contributed by atoms with Crippen LogP contribution in [-0.4, -0.2) is 37.7 Å². The molecule has 0 saturated carbocycles. The van der Waals surface area contributed by atoms with Gasteiger partial charge in [0.2, 0.25) is 0 Å². The predicted molar refractivity (Wildman–Crippen MR) is 88.8 cm³/mol. The first-order chi connectivity index (χ1) is 10.1. The highest BCUT2D eigenvalue weighted by molar-refractivity contribution is 9.10. The molecule has 0 amide bonds. The Balaban J connectivity index is 3.12. The van der Waals surface area contributed by atoms with Crippen LogP contribution in [0.2, 0.25) is 0 Å². The Bertz CT molecular complexity index is 427. The highest BCUT2D eigenvalue weighted by atomic mass is 79.9. The Morgan fingerprint density at radius 3 is 2.52 bits per heavy atom. The molecule has 21 heavy (non-hydrogen) atoms. The van der Waals surface area contributed by atoms with E-state index < -0.39 is 0 Å². The van der Waals surface area contributed by atoms with Crippen molar-refractivity contribution in [3.8, 4) is 0 Å². The Hall–Kier alpha value is -0.490. The number of ether oxygens (including phenoxy) is 1. The van der Waals surface area contributed by atoms with Gasteiger partial charge in [-0.3, -0.25) is 4.90 Å². The quantitative estimate of drug-likeness (QED) is 0.729. The molecule has 2 N–H and O–H groups in total. The van der Waals surface area contributed by atoms with Gasteiger partial charge in [-0.05, 0) is 31.0 Å². The fraction of sp³-hybridized carbons (Fsp3) is 0.625. The molecule has 1 atom stereocenters. The van der Waals surface area contributed by atoms with Crippen LogP contribution in [0.15, 0.2) is 22.7 Å². The fourth-order valence-electron chi connectivity index (χ4n) is 2.76. The lowest BCUT2D eigenvalue weighted by molar-refractivity contribution is 0.0803. The van der Waals surface area contributed by atoms with Crippen LogP contribution in [0.1, 0.15) is 38.3 Å². The van der Waals surface area contributed by atoms with Crippen molar-refractivity contribution >= 4 is 15.9 Å². The van der Waals surface area contributed by atoms with Gasteiger partial charge in [-0.2, -0.15) is 0 Å². The molecular weight excluding hydrogens is 335 g/mol. The van der Waals surface area contributed by atoms with Gasteiger partial charge in [-0.1, -0.05) is 29.8 Å². The fourth-order valence-corrected chi connectivity index (χ4v) is 3.14. The molecular formula is C16H26BrFN2O. The van der Waals surface area contributed by atoms with E-state index in [4.69, 9.17) is 10.5 Å². The minimum atomic E-state index is -0.206. The minimum absolute atomic E-state index is 0.137. The lowest BCUT2D eigenvalue weighted by atomic mass is 10.0. The number of rotatable bonds is 9. The van der Waals surface area contributed by atoms with E-state index in [2.05, 4.69) is 34.7 Å². The molecule has 1 aromatic rings. The van der Waals surface area contributed by atoms with Crippen LogP contribution in [0.5, 0.6) is 0 Å². The van der Waals surface area contributed by atoms with Crippen molar-refractivity contribution < 1.29 is 9.13 Å². The second-order valence-corrected chi connectivity index (χ2v) is 6.03. The number of benzene rings is 1. The van der Waals surface area contributed by atoms with Crippen LogP contribution in [0.25, 0.3) is 0 Å². The molecule has 0 bridgehead atoms. The number of hydrogen-bond donors (Lipinski definition) is 1. The molecule has 5 heteroatoms. The van der Waals surface area contributed by atoms with Gasteiger partial charge in [0.05, 0.1) is 12.6 Å². The van der Waals surface area contributed by atoms with E-state index in [1.54, 1.807) is 13.2 Å². The van der Waals surface area contributed by atoms with E-state index >= 15 is 0 Å². The van der Waals surface area contributed by atoms with E-state index in [0.717, 1.165) is 23.9 Å². The molecule has 1 aromatic carbocycles. The van der Waals surface area contributed by atoms with Crippen molar-refractivity contribution in [1.82, 2.24) is 4.90 Å². The van der Waals surface area contributed by atoms with Crippen LogP contribution < -0.4 is 5.73 Å². The number of halogens is 2. The average molecular weight is 361 g/mol. The Kier molecular flexibility index (Phi) is 8.41. The standard InChI is InChI=1S/C16H26BrFN2O/c1-4-13(5-2)20(8-9-21-3)16(11-19)14-10-12(17)6-7-15(14)18/h6-7,10,13,16H,4-5,8-9,11,19H2,1-3H3. The number of nitrogens with zero attached hydrogens (tertiary/aromatic N) is 1. The largest absolute Gasteiger partial charge is 0.383 e. The molecule has 0 radical (unpaired) electrons. The van der Waals surface area contributed by atoms with Gasteiger partial charge in [0, 0.05) is 36.3 Å². The van der Waals surface area contributed by atoms with Gasteiger partial charge in [0.15, 0.2) is 0 Å². The number of nitrogens with two attached hydrogens (primary N) is 1. The number of hydrogen-bond acceptors (Lipinski definition) is 3. The summed E-state index contributed by atoms with van der Waals surface area (Å²) in [5, 5.41) is 0. The van der Waals surface area contributed by atoms with Crippen molar-refractivity contribution in [2.24, 2.45) is 5.73 Å². The smallest absolute Gasteiger partial charge is 0.128 e. The van der Waals surface area contributed by atoms with Crippen molar-refractivity contribution in [1.29, 1.82) is 0 Å². The zero-order valence-electron chi connectivity index (χ0n) is 13.1. The van der Waals surface area contributed by atoms with Gasteiger partial charge >= 0.3 is 0 Å². The first-order valence-corrected chi connectivity index (χ1v) is 8.27. The van der Waals surface area contributed by atoms with Crippen molar-refractivity contribution in [2.45, 2.75) is 38.8 Å². The Labute approximate surface area is 135 Å². The molecule has 0 heterocycles. The molecule has 3 nitrogen and oxygen atoms in total. The summed E-state index contributed by atoms with van der Waals surface area (Å²) in [4.78, 5) is 2.27. The average Bonchev–Trinajstić information content (AvgIpc) is 2.49.